The van der Waals surface area contributed by atoms with Crippen molar-refractivity contribution in [3.05, 3.63) is 112 Å². The standard InChI is InChI=1S/C29H27NOS/c1-2-30(17-8-13-24-9-4-3-5-10-24)21-25-11-7-15-29(20-25)31-22-26-12-6-14-27(19-26)28-16-18-32-23-28/h3-7,9-12,14-16,18-20,23H,2,17,21-22H2,1H3. The lowest BCUT2D eigenvalue weighted by molar-refractivity contribution is 0.300. The Balaban J connectivity index is 1.35. The lowest BCUT2D eigenvalue weighted by Gasteiger charge is -2.18. The van der Waals surface area contributed by atoms with Crippen LogP contribution in [-0.4, -0.2) is 18.0 Å². The highest BCUT2D eigenvalue weighted by Gasteiger charge is 2.05. The second kappa shape index (κ2) is 11.3. The summed E-state index contributed by atoms with van der Waals surface area (Å²) in [7, 11) is 0. The Morgan fingerprint density at radius 2 is 1.69 bits per heavy atom. The molecular weight excluding hydrogens is 410 g/mol. The topological polar surface area (TPSA) is 12.5 Å². The van der Waals surface area contributed by atoms with Crippen LogP contribution in [0.15, 0.2) is 95.7 Å². The van der Waals surface area contributed by atoms with Crippen LogP contribution in [0.4, 0.5) is 0 Å². The van der Waals surface area contributed by atoms with E-state index in [9.17, 15) is 0 Å². The summed E-state index contributed by atoms with van der Waals surface area (Å²) in [4.78, 5) is 2.33. The van der Waals surface area contributed by atoms with Crippen molar-refractivity contribution >= 4 is 11.3 Å². The number of hydrogen-bond acceptors (Lipinski definition) is 3. The first-order chi connectivity index (χ1) is 15.8. The molecule has 4 aromatic rings. The molecule has 0 spiro atoms. The molecule has 3 heteroatoms. The van der Waals surface area contributed by atoms with E-state index in [0.717, 1.165) is 30.9 Å². The van der Waals surface area contributed by atoms with Crippen LogP contribution < -0.4 is 4.74 Å². The van der Waals surface area contributed by atoms with Crippen molar-refractivity contribution in [2.75, 3.05) is 13.1 Å². The normalized spacial score (nSPS) is 10.6. The maximum absolute atomic E-state index is 6.12. The predicted octanol–water partition coefficient (Wildman–Crippen LogP) is 6.87. The SMILES string of the molecule is CCN(CC#Cc1ccccc1)Cc1cccc(OCc2cccc(-c3ccsc3)c2)c1. The van der Waals surface area contributed by atoms with Gasteiger partial charge in [-0.1, -0.05) is 67.3 Å². The van der Waals surface area contributed by atoms with Crippen LogP contribution >= 0.6 is 11.3 Å². The van der Waals surface area contributed by atoms with Gasteiger partial charge in [-0.15, -0.1) is 0 Å². The van der Waals surface area contributed by atoms with Crippen LogP contribution in [0.1, 0.15) is 23.6 Å². The molecule has 0 saturated heterocycles. The molecule has 0 aliphatic carbocycles. The molecule has 0 radical (unpaired) electrons. The van der Waals surface area contributed by atoms with Crippen LogP contribution in [0.3, 0.4) is 0 Å². The number of ether oxygens (including phenoxy) is 1. The van der Waals surface area contributed by atoms with Crippen LogP contribution in [0, 0.1) is 11.8 Å². The first-order valence-corrected chi connectivity index (χ1v) is 11.8. The monoisotopic (exact) mass is 437 g/mol. The average molecular weight is 438 g/mol. The molecule has 0 aliphatic rings. The Labute approximate surface area is 195 Å². The first-order valence-electron chi connectivity index (χ1n) is 10.9. The molecule has 0 fully saturated rings. The van der Waals surface area contributed by atoms with Crippen molar-refractivity contribution in [2.45, 2.75) is 20.1 Å². The van der Waals surface area contributed by atoms with E-state index < -0.39 is 0 Å². The van der Waals surface area contributed by atoms with Crippen molar-refractivity contribution in [1.82, 2.24) is 4.90 Å². The summed E-state index contributed by atoms with van der Waals surface area (Å²) in [5.74, 6) is 7.44. The van der Waals surface area contributed by atoms with Crippen molar-refractivity contribution < 1.29 is 4.74 Å². The summed E-state index contributed by atoms with van der Waals surface area (Å²) in [5.41, 5.74) is 5.95. The fraction of sp³-hybridized carbons (Fsp3) is 0.172. The third-order valence-corrected chi connectivity index (χ3v) is 5.93. The molecule has 0 bridgehead atoms. The highest BCUT2D eigenvalue weighted by molar-refractivity contribution is 7.08. The van der Waals surface area contributed by atoms with Crippen LogP contribution in [0.5, 0.6) is 5.75 Å². The van der Waals surface area contributed by atoms with Crippen molar-refractivity contribution in [1.29, 1.82) is 0 Å². The van der Waals surface area contributed by atoms with Gasteiger partial charge in [0.05, 0.1) is 6.54 Å². The Morgan fingerprint density at radius 1 is 0.844 bits per heavy atom. The molecule has 1 heterocycles. The van der Waals surface area contributed by atoms with Crippen LogP contribution in [0.2, 0.25) is 0 Å². The maximum Gasteiger partial charge on any atom is 0.120 e. The first kappa shape index (κ1) is 21.9. The number of thiophene rings is 1. The van der Waals surface area contributed by atoms with Gasteiger partial charge in [0.15, 0.2) is 0 Å². The lowest BCUT2D eigenvalue weighted by Crippen LogP contribution is -2.23. The molecule has 0 atom stereocenters. The lowest BCUT2D eigenvalue weighted by atomic mass is 10.1. The van der Waals surface area contributed by atoms with Crippen LogP contribution in [0.25, 0.3) is 11.1 Å². The zero-order valence-electron chi connectivity index (χ0n) is 18.3. The van der Waals surface area contributed by atoms with E-state index >= 15 is 0 Å². The molecule has 160 valence electrons. The molecule has 0 amide bonds. The molecule has 3 aromatic carbocycles. The van der Waals surface area contributed by atoms with Gasteiger partial charge in [-0.05, 0) is 76.0 Å². The number of benzene rings is 3. The van der Waals surface area contributed by atoms with Gasteiger partial charge in [0.1, 0.15) is 12.4 Å². The quantitative estimate of drug-likeness (QED) is 0.279. The Bertz CT molecular complexity index is 1170. The summed E-state index contributed by atoms with van der Waals surface area (Å²) in [6, 6.07) is 29.2. The zero-order valence-corrected chi connectivity index (χ0v) is 19.1. The van der Waals surface area contributed by atoms with Crippen molar-refractivity contribution in [3.63, 3.8) is 0 Å². The third kappa shape index (κ3) is 6.34. The number of nitrogens with zero attached hydrogens (tertiary/aromatic N) is 1. The molecule has 32 heavy (non-hydrogen) atoms. The highest BCUT2D eigenvalue weighted by Crippen LogP contribution is 2.24. The van der Waals surface area contributed by atoms with Gasteiger partial charge in [-0.25, -0.2) is 0 Å². The number of hydrogen-bond donors (Lipinski definition) is 0. The largest absolute Gasteiger partial charge is 0.489 e. The molecule has 0 unspecified atom stereocenters. The molecule has 0 saturated carbocycles. The van der Waals surface area contributed by atoms with Gasteiger partial charge in [-0.3, -0.25) is 4.90 Å². The van der Waals surface area contributed by atoms with E-state index in [4.69, 9.17) is 4.74 Å². The Kier molecular flexibility index (Phi) is 7.76. The van der Waals surface area contributed by atoms with Gasteiger partial charge in [0.25, 0.3) is 0 Å². The Morgan fingerprint density at radius 3 is 2.50 bits per heavy atom. The molecule has 0 aliphatic heterocycles. The van der Waals surface area contributed by atoms with E-state index in [1.807, 2.05) is 36.4 Å². The molecule has 1 aromatic heterocycles. The predicted molar refractivity (Wildman–Crippen MR) is 135 cm³/mol. The fourth-order valence-corrected chi connectivity index (χ4v) is 4.15. The van der Waals surface area contributed by atoms with Gasteiger partial charge in [-0.2, -0.15) is 11.3 Å². The van der Waals surface area contributed by atoms with E-state index in [1.54, 1.807) is 11.3 Å². The van der Waals surface area contributed by atoms with E-state index in [0.29, 0.717) is 6.61 Å². The molecular formula is C29H27NOS. The minimum absolute atomic E-state index is 0.557. The zero-order chi connectivity index (χ0) is 22.0. The summed E-state index contributed by atoms with van der Waals surface area (Å²) >= 11 is 1.72. The Hall–Kier alpha value is -3.32. The van der Waals surface area contributed by atoms with E-state index in [-0.39, 0.29) is 0 Å². The summed E-state index contributed by atoms with van der Waals surface area (Å²) in [6.45, 7) is 5.27. The van der Waals surface area contributed by atoms with Gasteiger partial charge >= 0.3 is 0 Å². The third-order valence-electron chi connectivity index (χ3n) is 5.25. The second-order valence-corrected chi connectivity index (χ2v) is 8.40. The van der Waals surface area contributed by atoms with E-state index in [1.165, 1.54) is 22.3 Å². The maximum atomic E-state index is 6.12. The molecule has 4 rings (SSSR count). The van der Waals surface area contributed by atoms with Gasteiger partial charge < -0.3 is 4.74 Å². The van der Waals surface area contributed by atoms with Crippen LogP contribution in [-0.2, 0) is 13.2 Å². The average Bonchev–Trinajstić information content (AvgIpc) is 3.38. The smallest absolute Gasteiger partial charge is 0.120 e. The molecule has 2 nitrogen and oxygen atoms in total. The minimum Gasteiger partial charge on any atom is -0.489 e. The summed E-state index contributed by atoms with van der Waals surface area (Å²) in [6.07, 6.45) is 0. The van der Waals surface area contributed by atoms with Gasteiger partial charge in [0, 0.05) is 12.1 Å². The summed E-state index contributed by atoms with van der Waals surface area (Å²) in [5, 5.41) is 4.28. The number of rotatable bonds is 8. The highest BCUT2D eigenvalue weighted by atomic mass is 32.1. The summed E-state index contributed by atoms with van der Waals surface area (Å²) < 4.78 is 6.12. The fourth-order valence-electron chi connectivity index (χ4n) is 3.48. The second-order valence-electron chi connectivity index (χ2n) is 7.62. The molecule has 0 N–H and O–H groups in total. The van der Waals surface area contributed by atoms with Crippen molar-refractivity contribution in [3.8, 4) is 28.7 Å². The van der Waals surface area contributed by atoms with Gasteiger partial charge in [0.2, 0.25) is 0 Å². The van der Waals surface area contributed by atoms with Crippen molar-refractivity contribution in [2.24, 2.45) is 0 Å². The van der Waals surface area contributed by atoms with E-state index in [2.05, 4.69) is 83.0 Å². The minimum atomic E-state index is 0.557.